The number of hydrogen-bond acceptors (Lipinski definition) is 7. The van der Waals surface area contributed by atoms with Gasteiger partial charge in [-0.15, -0.1) is 0 Å². The normalized spacial score (nSPS) is 26.1. The highest BCUT2D eigenvalue weighted by Crippen LogP contribution is 2.50. The fourth-order valence-electron chi connectivity index (χ4n) is 7.52. The lowest BCUT2D eigenvalue weighted by atomic mass is 9.58. The molecule has 232 valence electrons. The quantitative estimate of drug-likeness (QED) is 0.340. The minimum Gasteiger partial charge on any atom is -0.493 e. The zero-order chi connectivity index (χ0) is 31.2. The summed E-state index contributed by atoms with van der Waals surface area (Å²) in [6, 6.07) is 18.4. The molecule has 2 N–H and O–H groups in total. The Labute approximate surface area is 263 Å². The van der Waals surface area contributed by atoms with Gasteiger partial charge < -0.3 is 34.3 Å². The van der Waals surface area contributed by atoms with E-state index in [0.717, 1.165) is 23.0 Å². The minimum atomic E-state index is -1.29. The largest absolute Gasteiger partial charge is 0.493 e. The van der Waals surface area contributed by atoms with E-state index in [2.05, 4.69) is 5.32 Å². The number of aldehydes is 1. The molecule has 2 fully saturated rings. The van der Waals surface area contributed by atoms with Crippen molar-refractivity contribution < 1.29 is 28.9 Å². The van der Waals surface area contributed by atoms with Crippen molar-refractivity contribution in [2.75, 3.05) is 38.3 Å². The van der Waals surface area contributed by atoms with Crippen LogP contribution in [0.4, 0.5) is 5.69 Å². The van der Waals surface area contributed by atoms with E-state index < -0.39 is 17.1 Å². The molecule has 5 atom stereocenters. The van der Waals surface area contributed by atoms with Crippen LogP contribution in [0.25, 0.3) is 0 Å². The highest BCUT2D eigenvalue weighted by atomic mass is 35.5. The number of halogens is 1. The number of carbonyl (C=O) groups excluding carboxylic acids is 2. The van der Waals surface area contributed by atoms with Crippen LogP contribution >= 0.6 is 11.6 Å². The minimum absolute atomic E-state index is 0.00826. The summed E-state index contributed by atoms with van der Waals surface area (Å²) in [5.41, 5.74) is 2.00. The molecule has 44 heavy (non-hydrogen) atoms. The number of ether oxygens (including phenoxy) is 3. The summed E-state index contributed by atoms with van der Waals surface area (Å²) in [7, 11) is 1.60. The number of rotatable bonds is 8. The number of benzene rings is 3. The van der Waals surface area contributed by atoms with Crippen molar-refractivity contribution in [2.45, 2.75) is 44.9 Å². The summed E-state index contributed by atoms with van der Waals surface area (Å²) >= 11 is 6.26. The van der Waals surface area contributed by atoms with Crippen LogP contribution in [0.2, 0.25) is 5.02 Å². The summed E-state index contributed by atoms with van der Waals surface area (Å²) in [4.78, 5) is 28.1. The van der Waals surface area contributed by atoms with Gasteiger partial charge in [0.25, 0.3) is 0 Å². The number of nitrogens with one attached hydrogen (secondary N) is 1. The Kier molecular flexibility index (Phi) is 8.22. The standard InChI is InChI=1S/C35H39ClN2O6/c1-21(2)44-30-15-28-23(13-29(30)42-4)14-31(40)38(32(28)22-5-9-26(36)10-6-22)27-11-7-25(8-12-27)34(3,41)33-24-16-37-18-35(33,19-39)20-43-17-24/h5-13,15,19,21,24,32-33,37,41H,14,16-18,20H2,1-4H3/t24?,32-,33?,34?,35?/m0/s1. The van der Waals surface area contributed by atoms with Crippen molar-refractivity contribution in [2.24, 2.45) is 17.3 Å². The van der Waals surface area contributed by atoms with E-state index in [-0.39, 0.29) is 36.9 Å². The third kappa shape index (κ3) is 5.28. The van der Waals surface area contributed by atoms with Gasteiger partial charge in [0.15, 0.2) is 11.5 Å². The molecule has 0 saturated carbocycles. The van der Waals surface area contributed by atoms with Gasteiger partial charge in [-0.25, -0.2) is 0 Å². The van der Waals surface area contributed by atoms with Crippen molar-refractivity contribution in [3.05, 3.63) is 87.9 Å². The third-order valence-corrected chi connectivity index (χ3v) is 9.61. The molecule has 0 radical (unpaired) electrons. The van der Waals surface area contributed by atoms with Crippen LogP contribution in [0, 0.1) is 17.3 Å². The summed E-state index contributed by atoms with van der Waals surface area (Å²) in [5.74, 6) is 0.809. The van der Waals surface area contributed by atoms with E-state index in [0.29, 0.717) is 47.5 Å². The maximum absolute atomic E-state index is 13.9. The van der Waals surface area contributed by atoms with Gasteiger partial charge in [-0.3, -0.25) is 4.79 Å². The predicted molar refractivity (Wildman–Crippen MR) is 168 cm³/mol. The van der Waals surface area contributed by atoms with Gasteiger partial charge >= 0.3 is 0 Å². The van der Waals surface area contributed by atoms with Crippen molar-refractivity contribution >= 4 is 29.5 Å². The lowest BCUT2D eigenvalue weighted by Crippen LogP contribution is -2.64. The van der Waals surface area contributed by atoms with Crippen LogP contribution in [0.5, 0.6) is 11.5 Å². The van der Waals surface area contributed by atoms with Crippen LogP contribution in [-0.4, -0.2) is 56.8 Å². The molecule has 3 aromatic carbocycles. The molecule has 3 aliphatic heterocycles. The number of carbonyl (C=O) groups is 2. The molecule has 6 rings (SSSR count). The van der Waals surface area contributed by atoms with Gasteiger partial charge in [0.2, 0.25) is 5.91 Å². The van der Waals surface area contributed by atoms with E-state index in [1.54, 1.807) is 18.9 Å². The van der Waals surface area contributed by atoms with Crippen LogP contribution in [0.15, 0.2) is 60.7 Å². The topological polar surface area (TPSA) is 97.3 Å². The Morgan fingerprint density at radius 3 is 2.52 bits per heavy atom. The molecule has 8 nitrogen and oxygen atoms in total. The van der Waals surface area contributed by atoms with Crippen LogP contribution in [0.1, 0.15) is 49.1 Å². The number of methoxy groups -OCH3 is 1. The first kappa shape index (κ1) is 30.6. The van der Waals surface area contributed by atoms with Gasteiger partial charge in [-0.1, -0.05) is 35.9 Å². The third-order valence-electron chi connectivity index (χ3n) is 9.36. The number of piperidine rings is 1. The smallest absolute Gasteiger partial charge is 0.232 e. The Bertz CT molecular complexity index is 1530. The first-order chi connectivity index (χ1) is 21.1. The van der Waals surface area contributed by atoms with E-state index in [4.69, 9.17) is 25.8 Å². The van der Waals surface area contributed by atoms with Crippen molar-refractivity contribution in [3.8, 4) is 11.5 Å². The Morgan fingerprint density at radius 1 is 1.14 bits per heavy atom. The maximum Gasteiger partial charge on any atom is 0.232 e. The lowest BCUT2D eigenvalue weighted by Gasteiger charge is -2.54. The van der Waals surface area contributed by atoms with Gasteiger partial charge in [-0.05, 0) is 79.4 Å². The van der Waals surface area contributed by atoms with Crippen molar-refractivity contribution in [3.63, 3.8) is 0 Å². The maximum atomic E-state index is 13.9. The van der Waals surface area contributed by atoms with Gasteiger partial charge in [0.05, 0.1) is 49.9 Å². The average Bonchev–Trinajstić information content (AvgIpc) is 3.00. The first-order valence-corrected chi connectivity index (χ1v) is 15.5. The van der Waals surface area contributed by atoms with Gasteiger partial charge in [0.1, 0.15) is 6.29 Å². The highest BCUT2D eigenvalue weighted by Gasteiger charge is 2.56. The zero-order valence-corrected chi connectivity index (χ0v) is 26.3. The number of fused-ring (bicyclic) bond motifs is 3. The van der Waals surface area contributed by atoms with Crippen molar-refractivity contribution in [1.82, 2.24) is 5.32 Å². The average molecular weight is 619 g/mol. The van der Waals surface area contributed by atoms with Gasteiger partial charge in [-0.2, -0.15) is 0 Å². The number of hydrogen-bond donors (Lipinski definition) is 2. The molecule has 2 bridgehead atoms. The number of aliphatic hydroxyl groups is 1. The van der Waals surface area contributed by atoms with E-state index in [9.17, 15) is 14.7 Å². The van der Waals surface area contributed by atoms with E-state index in [1.165, 1.54) is 0 Å². The Balaban J connectivity index is 1.41. The Morgan fingerprint density at radius 2 is 1.86 bits per heavy atom. The van der Waals surface area contributed by atoms with Gasteiger partial charge in [0, 0.05) is 35.6 Å². The zero-order valence-electron chi connectivity index (χ0n) is 25.5. The highest BCUT2D eigenvalue weighted by molar-refractivity contribution is 6.30. The second-order valence-corrected chi connectivity index (χ2v) is 13.1. The second kappa shape index (κ2) is 11.8. The molecule has 0 aliphatic carbocycles. The molecule has 3 aromatic rings. The summed E-state index contributed by atoms with van der Waals surface area (Å²) in [6.45, 7) is 7.61. The number of nitrogens with zero attached hydrogens (tertiary/aromatic N) is 1. The summed E-state index contributed by atoms with van der Waals surface area (Å²) < 4.78 is 17.5. The SMILES string of the molecule is COc1cc2c(cc1OC(C)C)[C@H](c1ccc(Cl)cc1)N(c1ccc(C(C)(O)C3C4CNCC3(C=O)COC4)cc1)C(=O)C2. The van der Waals surface area contributed by atoms with Crippen LogP contribution in [0.3, 0.4) is 0 Å². The fourth-order valence-corrected chi connectivity index (χ4v) is 7.65. The monoisotopic (exact) mass is 618 g/mol. The molecule has 3 aliphatic rings. The second-order valence-electron chi connectivity index (χ2n) is 12.7. The fraction of sp³-hybridized carbons (Fsp3) is 0.429. The van der Waals surface area contributed by atoms with E-state index in [1.807, 2.05) is 74.5 Å². The molecular weight excluding hydrogens is 580 g/mol. The first-order valence-electron chi connectivity index (χ1n) is 15.1. The molecule has 1 amide bonds. The van der Waals surface area contributed by atoms with Crippen LogP contribution in [-0.2, 0) is 26.3 Å². The van der Waals surface area contributed by atoms with E-state index >= 15 is 0 Å². The molecule has 0 aromatic heterocycles. The lowest BCUT2D eigenvalue weighted by molar-refractivity contribution is -0.183. The molecular formula is C35H39ClN2O6. The van der Waals surface area contributed by atoms with Crippen LogP contribution < -0.4 is 19.7 Å². The summed E-state index contributed by atoms with van der Waals surface area (Å²) in [5, 5.41) is 16.0. The molecule has 4 unspecified atom stereocenters. The molecule has 2 saturated heterocycles. The summed E-state index contributed by atoms with van der Waals surface area (Å²) in [6.07, 6.45) is 1.07. The molecule has 9 heteroatoms. The number of anilines is 1. The number of amides is 1. The predicted octanol–water partition coefficient (Wildman–Crippen LogP) is 5.07. The molecule has 3 heterocycles. The molecule has 0 spiro atoms. The van der Waals surface area contributed by atoms with Crippen molar-refractivity contribution in [1.29, 1.82) is 0 Å². The Hall–Kier alpha value is -3.43.